The molecule has 1 unspecified atom stereocenters. The number of allylic oxidation sites excluding steroid dienone is 1. The summed E-state index contributed by atoms with van der Waals surface area (Å²) in [7, 11) is 4.18. The highest BCUT2D eigenvalue weighted by atomic mass is 16.3. The first-order chi connectivity index (χ1) is 16.6. The third-order valence-corrected chi connectivity index (χ3v) is 11.0. The van der Waals surface area contributed by atoms with Crippen LogP contribution in [0.4, 0.5) is 5.69 Å². The number of nitrogens with zero attached hydrogens (tertiary/aromatic N) is 1. The number of carbonyl (C=O) groups is 1. The van der Waals surface area contributed by atoms with Gasteiger partial charge in [0.25, 0.3) is 0 Å². The second-order valence-corrected chi connectivity index (χ2v) is 13.0. The van der Waals surface area contributed by atoms with Crippen LogP contribution in [0.2, 0.25) is 0 Å². The van der Waals surface area contributed by atoms with Gasteiger partial charge in [-0.2, -0.15) is 0 Å². The van der Waals surface area contributed by atoms with Crippen LogP contribution in [0.1, 0.15) is 83.1 Å². The summed E-state index contributed by atoms with van der Waals surface area (Å²) in [6.07, 6.45) is 11.1. The Bertz CT molecular complexity index is 1120. The zero-order chi connectivity index (χ0) is 24.6. The highest BCUT2D eigenvalue weighted by Crippen LogP contribution is 2.70. The summed E-state index contributed by atoms with van der Waals surface area (Å²) in [6, 6.07) is 9.16. The van der Waals surface area contributed by atoms with Crippen LogP contribution in [-0.4, -0.2) is 30.6 Å². The number of hydrogen-bond donors (Lipinski definition) is 1. The number of anilines is 1. The molecule has 1 aromatic carbocycles. The van der Waals surface area contributed by atoms with E-state index in [4.69, 9.17) is 0 Å². The van der Waals surface area contributed by atoms with E-state index < -0.39 is 5.60 Å². The molecule has 6 rings (SSSR count). The van der Waals surface area contributed by atoms with Gasteiger partial charge in [0.15, 0.2) is 5.78 Å². The summed E-state index contributed by atoms with van der Waals surface area (Å²) >= 11 is 0. The van der Waals surface area contributed by atoms with E-state index in [-0.39, 0.29) is 10.8 Å². The van der Waals surface area contributed by atoms with Crippen LogP contribution >= 0.6 is 0 Å². The van der Waals surface area contributed by atoms with Crippen LogP contribution in [0.5, 0.6) is 0 Å². The normalized spacial score (nSPS) is 42.2. The molecular weight excluding hydrogens is 430 g/mol. The molecule has 0 amide bonds. The third-order valence-electron chi connectivity index (χ3n) is 11.0. The van der Waals surface area contributed by atoms with Crippen LogP contribution in [0.3, 0.4) is 0 Å². The monoisotopic (exact) mass is 471 g/mol. The highest BCUT2D eigenvalue weighted by molar-refractivity contribution is 5.91. The van der Waals surface area contributed by atoms with Crippen molar-refractivity contribution in [3.8, 4) is 11.8 Å². The third kappa shape index (κ3) is 3.54. The minimum atomic E-state index is -0.882. The maximum Gasteiger partial charge on any atom is 0.155 e. The molecule has 186 valence electrons. The van der Waals surface area contributed by atoms with E-state index in [1.807, 2.05) is 6.08 Å². The lowest BCUT2D eigenvalue weighted by Crippen LogP contribution is -2.57. The van der Waals surface area contributed by atoms with Crippen LogP contribution in [0, 0.1) is 46.3 Å². The summed E-state index contributed by atoms with van der Waals surface area (Å²) in [5.74, 6) is 9.68. The van der Waals surface area contributed by atoms with E-state index in [9.17, 15) is 9.90 Å². The first kappa shape index (κ1) is 23.4. The van der Waals surface area contributed by atoms with Crippen molar-refractivity contribution in [1.29, 1.82) is 0 Å². The van der Waals surface area contributed by atoms with Gasteiger partial charge in [0, 0.05) is 37.5 Å². The van der Waals surface area contributed by atoms with Crippen LogP contribution < -0.4 is 4.90 Å². The first-order valence-electron chi connectivity index (χ1n) is 13.9. The SMILES string of the molecule is CN(C)c1ccc([C@H]2C[C@@]3(C)[C@@H](CC[C@@]3(O)C#CC3CC3)[C@@H]3CCC4=CC(=O)CC[C@]4(C)C23)cc1. The van der Waals surface area contributed by atoms with E-state index in [0.717, 1.165) is 38.5 Å². The molecule has 1 aromatic rings. The van der Waals surface area contributed by atoms with Crippen molar-refractivity contribution in [3.63, 3.8) is 0 Å². The lowest BCUT2D eigenvalue weighted by atomic mass is 9.43. The van der Waals surface area contributed by atoms with Crippen molar-refractivity contribution in [1.82, 2.24) is 0 Å². The minimum Gasteiger partial charge on any atom is -0.378 e. The van der Waals surface area contributed by atoms with Gasteiger partial charge in [0.05, 0.1) is 0 Å². The second-order valence-electron chi connectivity index (χ2n) is 13.0. The molecule has 1 N–H and O–H groups in total. The Kier molecular flexibility index (Phi) is 5.32. The van der Waals surface area contributed by atoms with Gasteiger partial charge >= 0.3 is 0 Å². The molecule has 0 aromatic heterocycles. The van der Waals surface area contributed by atoms with Crippen molar-refractivity contribution < 1.29 is 9.90 Å². The summed E-state index contributed by atoms with van der Waals surface area (Å²) in [5, 5.41) is 12.1. The Morgan fingerprint density at radius 1 is 1.00 bits per heavy atom. The Morgan fingerprint density at radius 2 is 1.74 bits per heavy atom. The van der Waals surface area contributed by atoms with E-state index in [2.05, 4.69) is 68.9 Å². The van der Waals surface area contributed by atoms with Gasteiger partial charge in [-0.3, -0.25) is 4.79 Å². The van der Waals surface area contributed by atoms with E-state index >= 15 is 0 Å². The van der Waals surface area contributed by atoms with Crippen molar-refractivity contribution in [2.24, 2.45) is 34.5 Å². The maximum atomic E-state index is 12.4. The quantitative estimate of drug-likeness (QED) is 0.528. The standard InChI is InChI=1S/C32H41NO2/c1-30-16-14-25(34)19-23(30)9-12-26-28-15-18-32(35,17-13-21-5-6-21)31(28,2)20-27(29(26)30)22-7-10-24(11-8-22)33(3)4/h7-8,10-11,19,21,26-29,35H,5-6,9,12,14-16,18,20H2,1-4H3/t26-,27+,28-,29?,30-,31-,32-/m0/s1. The van der Waals surface area contributed by atoms with Crippen molar-refractivity contribution >= 4 is 11.5 Å². The molecule has 5 aliphatic carbocycles. The molecule has 0 bridgehead atoms. The molecular formula is C32H41NO2. The summed E-state index contributed by atoms with van der Waals surface area (Å²) in [4.78, 5) is 14.6. The predicted molar refractivity (Wildman–Crippen MR) is 141 cm³/mol. The molecule has 3 nitrogen and oxygen atoms in total. The van der Waals surface area contributed by atoms with Crippen LogP contribution in [0.15, 0.2) is 35.9 Å². The molecule has 0 saturated heterocycles. The van der Waals surface area contributed by atoms with Gasteiger partial charge < -0.3 is 10.0 Å². The van der Waals surface area contributed by atoms with Gasteiger partial charge in [-0.05, 0) is 104 Å². The van der Waals surface area contributed by atoms with Gasteiger partial charge in [0.1, 0.15) is 5.60 Å². The maximum absolute atomic E-state index is 12.4. The van der Waals surface area contributed by atoms with E-state index in [0.29, 0.717) is 41.8 Å². The number of rotatable bonds is 2. The lowest BCUT2D eigenvalue weighted by molar-refractivity contribution is -0.122. The topological polar surface area (TPSA) is 40.5 Å². The van der Waals surface area contributed by atoms with Crippen molar-refractivity contribution in [3.05, 3.63) is 41.5 Å². The molecule has 0 spiro atoms. The molecule has 35 heavy (non-hydrogen) atoms. The number of ketones is 1. The number of benzene rings is 1. The fourth-order valence-corrected chi connectivity index (χ4v) is 8.75. The number of carbonyl (C=O) groups excluding carboxylic acids is 1. The summed E-state index contributed by atoms with van der Waals surface area (Å²) in [5.41, 5.74) is 3.01. The molecule has 7 atom stereocenters. The second kappa shape index (κ2) is 7.97. The Labute approximate surface area is 211 Å². The van der Waals surface area contributed by atoms with E-state index in [1.165, 1.54) is 29.7 Å². The predicted octanol–water partition coefficient (Wildman–Crippen LogP) is 6.12. The van der Waals surface area contributed by atoms with Crippen molar-refractivity contribution in [2.45, 2.75) is 83.2 Å². The number of fused-ring (bicyclic) bond motifs is 5. The molecule has 4 saturated carbocycles. The Morgan fingerprint density at radius 3 is 2.43 bits per heavy atom. The highest BCUT2D eigenvalue weighted by Gasteiger charge is 2.66. The molecule has 0 heterocycles. The molecule has 0 aliphatic heterocycles. The average molecular weight is 472 g/mol. The fraction of sp³-hybridized carbons (Fsp3) is 0.656. The van der Waals surface area contributed by atoms with Crippen LogP contribution in [0.25, 0.3) is 0 Å². The molecule has 3 heteroatoms. The minimum absolute atomic E-state index is 0.0729. The lowest BCUT2D eigenvalue weighted by Gasteiger charge is -2.61. The number of aliphatic hydroxyl groups is 1. The van der Waals surface area contributed by atoms with Gasteiger partial charge in [-0.15, -0.1) is 0 Å². The van der Waals surface area contributed by atoms with Crippen molar-refractivity contribution in [2.75, 3.05) is 19.0 Å². The Hall–Kier alpha value is -2.05. The van der Waals surface area contributed by atoms with Gasteiger partial charge in [0.2, 0.25) is 0 Å². The number of hydrogen-bond acceptors (Lipinski definition) is 3. The molecule has 5 aliphatic rings. The van der Waals surface area contributed by atoms with Gasteiger partial charge in [-0.25, -0.2) is 0 Å². The summed E-state index contributed by atoms with van der Waals surface area (Å²) in [6.45, 7) is 4.82. The molecule has 0 radical (unpaired) electrons. The zero-order valence-electron chi connectivity index (χ0n) is 21.9. The zero-order valence-corrected chi connectivity index (χ0v) is 21.9. The smallest absolute Gasteiger partial charge is 0.155 e. The largest absolute Gasteiger partial charge is 0.378 e. The Balaban J connectivity index is 1.45. The summed E-state index contributed by atoms with van der Waals surface area (Å²) < 4.78 is 0. The van der Waals surface area contributed by atoms with E-state index in [1.54, 1.807) is 0 Å². The van der Waals surface area contributed by atoms with Crippen LogP contribution in [-0.2, 0) is 4.79 Å². The molecule has 4 fully saturated rings. The van der Waals surface area contributed by atoms with Gasteiger partial charge in [-0.1, -0.05) is 43.4 Å². The average Bonchev–Trinajstić information content (AvgIpc) is 3.62. The first-order valence-corrected chi connectivity index (χ1v) is 13.9. The fourth-order valence-electron chi connectivity index (χ4n) is 8.75.